The Kier molecular flexibility index (Phi) is 4.29. The van der Waals surface area contributed by atoms with Crippen LogP contribution in [0.15, 0.2) is 54.6 Å². The SMILES string of the molecule is CCOC(=O)c1cc2ccccc2n1Cc1ccc([N+](=O)[O-])cc1. The van der Waals surface area contributed by atoms with E-state index < -0.39 is 4.92 Å². The first-order chi connectivity index (χ1) is 11.6. The molecular weight excluding hydrogens is 308 g/mol. The molecule has 0 N–H and O–H groups in total. The van der Waals surface area contributed by atoms with Gasteiger partial charge in [0.1, 0.15) is 5.69 Å². The van der Waals surface area contributed by atoms with Gasteiger partial charge in [0.2, 0.25) is 0 Å². The van der Waals surface area contributed by atoms with Crippen molar-refractivity contribution in [3.05, 3.63) is 76.0 Å². The normalized spacial score (nSPS) is 10.7. The first kappa shape index (κ1) is 15.7. The van der Waals surface area contributed by atoms with E-state index in [2.05, 4.69) is 0 Å². The van der Waals surface area contributed by atoms with E-state index in [-0.39, 0.29) is 11.7 Å². The summed E-state index contributed by atoms with van der Waals surface area (Å²) in [4.78, 5) is 22.6. The number of benzene rings is 2. The lowest BCUT2D eigenvalue weighted by Gasteiger charge is -2.10. The summed E-state index contributed by atoms with van der Waals surface area (Å²) in [7, 11) is 0. The maximum absolute atomic E-state index is 12.2. The second-order valence-electron chi connectivity index (χ2n) is 5.32. The molecule has 0 aliphatic heterocycles. The first-order valence-electron chi connectivity index (χ1n) is 7.59. The zero-order chi connectivity index (χ0) is 17.1. The molecule has 2 aromatic carbocycles. The molecule has 0 radical (unpaired) electrons. The number of fused-ring (bicyclic) bond motifs is 1. The van der Waals surface area contributed by atoms with E-state index >= 15 is 0 Å². The van der Waals surface area contributed by atoms with Crippen LogP contribution in [0.3, 0.4) is 0 Å². The quantitative estimate of drug-likeness (QED) is 0.407. The van der Waals surface area contributed by atoms with Crippen molar-refractivity contribution in [1.82, 2.24) is 4.57 Å². The van der Waals surface area contributed by atoms with Crippen LogP contribution < -0.4 is 0 Å². The molecule has 0 aliphatic carbocycles. The number of para-hydroxylation sites is 1. The van der Waals surface area contributed by atoms with Crippen LogP contribution >= 0.6 is 0 Å². The minimum atomic E-state index is -0.432. The van der Waals surface area contributed by atoms with Gasteiger partial charge in [-0.25, -0.2) is 4.79 Å². The summed E-state index contributed by atoms with van der Waals surface area (Å²) in [5, 5.41) is 11.7. The number of aromatic nitrogens is 1. The molecule has 0 saturated heterocycles. The average Bonchev–Trinajstić information content (AvgIpc) is 2.94. The topological polar surface area (TPSA) is 74.4 Å². The maximum atomic E-state index is 12.2. The number of nitro benzene ring substituents is 1. The van der Waals surface area contributed by atoms with E-state index in [1.165, 1.54) is 12.1 Å². The zero-order valence-corrected chi connectivity index (χ0v) is 13.1. The van der Waals surface area contributed by atoms with Crippen molar-refractivity contribution in [2.24, 2.45) is 0 Å². The minimum Gasteiger partial charge on any atom is -0.461 e. The van der Waals surface area contributed by atoms with Crippen LogP contribution in [-0.2, 0) is 11.3 Å². The Morgan fingerprint density at radius 1 is 1.17 bits per heavy atom. The highest BCUT2D eigenvalue weighted by Gasteiger charge is 2.17. The Balaban J connectivity index is 2.02. The van der Waals surface area contributed by atoms with Gasteiger partial charge in [0.15, 0.2) is 0 Å². The summed E-state index contributed by atoms with van der Waals surface area (Å²) in [6, 6.07) is 15.8. The molecule has 0 aliphatic rings. The van der Waals surface area contributed by atoms with Crippen molar-refractivity contribution in [3.8, 4) is 0 Å². The molecule has 0 bridgehead atoms. The fourth-order valence-corrected chi connectivity index (χ4v) is 2.66. The van der Waals surface area contributed by atoms with Gasteiger partial charge in [0.25, 0.3) is 5.69 Å². The summed E-state index contributed by atoms with van der Waals surface area (Å²) in [5.74, 6) is -0.379. The van der Waals surface area contributed by atoms with E-state index in [4.69, 9.17) is 4.74 Å². The van der Waals surface area contributed by atoms with Gasteiger partial charge in [-0.3, -0.25) is 10.1 Å². The van der Waals surface area contributed by atoms with Gasteiger partial charge in [0.05, 0.1) is 11.5 Å². The summed E-state index contributed by atoms with van der Waals surface area (Å²) in [5.41, 5.74) is 2.30. The lowest BCUT2D eigenvalue weighted by molar-refractivity contribution is -0.384. The van der Waals surface area contributed by atoms with Crippen LogP contribution in [-0.4, -0.2) is 22.1 Å². The highest BCUT2D eigenvalue weighted by Crippen LogP contribution is 2.23. The number of hydrogen-bond donors (Lipinski definition) is 0. The van der Waals surface area contributed by atoms with E-state index in [0.29, 0.717) is 18.8 Å². The third kappa shape index (κ3) is 2.99. The minimum absolute atomic E-state index is 0.0433. The number of esters is 1. The number of hydrogen-bond acceptors (Lipinski definition) is 4. The highest BCUT2D eigenvalue weighted by atomic mass is 16.6. The maximum Gasteiger partial charge on any atom is 0.354 e. The van der Waals surface area contributed by atoms with Crippen molar-refractivity contribution >= 4 is 22.6 Å². The van der Waals surface area contributed by atoms with Gasteiger partial charge in [-0.2, -0.15) is 0 Å². The van der Waals surface area contributed by atoms with Gasteiger partial charge < -0.3 is 9.30 Å². The van der Waals surface area contributed by atoms with Gasteiger partial charge in [0, 0.05) is 29.6 Å². The molecule has 3 rings (SSSR count). The number of nitrogens with zero attached hydrogens (tertiary/aromatic N) is 2. The Bertz CT molecular complexity index is 897. The van der Waals surface area contributed by atoms with Crippen molar-refractivity contribution in [3.63, 3.8) is 0 Å². The van der Waals surface area contributed by atoms with Crippen molar-refractivity contribution in [2.75, 3.05) is 6.61 Å². The van der Waals surface area contributed by atoms with Crippen molar-refractivity contribution < 1.29 is 14.5 Å². The molecule has 0 unspecified atom stereocenters. The van der Waals surface area contributed by atoms with Crippen molar-refractivity contribution in [1.29, 1.82) is 0 Å². The second-order valence-corrected chi connectivity index (χ2v) is 5.32. The number of nitro groups is 1. The number of ether oxygens (including phenoxy) is 1. The molecular formula is C18H16N2O4. The van der Waals surface area contributed by atoms with Crippen LogP contribution in [0.5, 0.6) is 0 Å². The monoisotopic (exact) mass is 324 g/mol. The van der Waals surface area contributed by atoms with Gasteiger partial charge >= 0.3 is 5.97 Å². The molecule has 1 aromatic heterocycles. The molecule has 6 nitrogen and oxygen atoms in total. The Labute approximate surface area is 138 Å². The fraction of sp³-hybridized carbons (Fsp3) is 0.167. The molecule has 0 amide bonds. The van der Waals surface area contributed by atoms with Gasteiger partial charge in [-0.15, -0.1) is 0 Å². The number of rotatable bonds is 5. The molecule has 0 atom stereocenters. The third-order valence-electron chi connectivity index (χ3n) is 3.78. The number of non-ortho nitro benzene ring substituents is 1. The molecule has 122 valence electrons. The predicted octanol–water partition coefficient (Wildman–Crippen LogP) is 3.77. The van der Waals surface area contributed by atoms with Gasteiger partial charge in [-0.05, 0) is 24.6 Å². The smallest absolute Gasteiger partial charge is 0.354 e. The van der Waals surface area contributed by atoms with E-state index in [1.54, 1.807) is 25.1 Å². The molecule has 0 saturated carbocycles. The van der Waals surface area contributed by atoms with E-state index in [0.717, 1.165) is 16.5 Å². The van der Waals surface area contributed by atoms with Crippen LogP contribution in [0.25, 0.3) is 10.9 Å². The first-order valence-corrected chi connectivity index (χ1v) is 7.59. The fourth-order valence-electron chi connectivity index (χ4n) is 2.66. The summed E-state index contributed by atoms with van der Waals surface area (Å²) in [6.45, 7) is 2.50. The molecule has 0 spiro atoms. The molecule has 0 fully saturated rings. The molecule has 1 heterocycles. The van der Waals surface area contributed by atoms with E-state index in [9.17, 15) is 14.9 Å². The second kappa shape index (κ2) is 6.54. The Morgan fingerprint density at radius 3 is 2.54 bits per heavy atom. The lowest BCUT2D eigenvalue weighted by Crippen LogP contribution is -2.12. The number of carbonyl (C=O) groups excluding carboxylic acids is 1. The van der Waals surface area contributed by atoms with E-state index in [1.807, 2.05) is 28.8 Å². The Morgan fingerprint density at radius 2 is 1.88 bits per heavy atom. The summed E-state index contributed by atoms with van der Waals surface area (Å²) >= 11 is 0. The predicted molar refractivity (Wildman–Crippen MR) is 90.1 cm³/mol. The summed E-state index contributed by atoms with van der Waals surface area (Å²) < 4.78 is 7.01. The highest BCUT2D eigenvalue weighted by molar-refractivity contribution is 5.95. The molecule has 3 aromatic rings. The standard InChI is InChI=1S/C18H16N2O4/c1-2-24-18(21)17-11-14-5-3-4-6-16(14)19(17)12-13-7-9-15(10-8-13)20(22)23/h3-11H,2,12H2,1H3. The number of carbonyl (C=O) groups is 1. The third-order valence-corrected chi connectivity index (χ3v) is 3.78. The van der Waals surface area contributed by atoms with Crippen LogP contribution in [0.1, 0.15) is 23.0 Å². The largest absolute Gasteiger partial charge is 0.461 e. The Hall–Kier alpha value is -3.15. The molecule has 6 heteroatoms. The van der Waals surface area contributed by atoms with Gasteiger partial charge in [-0.1, -0.05) is 30.3 Å². The molecule has 24 heavy (non-hydrogen) atoms. The lowest BCUT2D eigenvalue weighted by atomic mass is 10.2. The van der Waals surface area contributed by atoms with Crippen molar-refractivity contribution in [2.45, 2.75) is 13.5 Å². The van der Waals surface area contributed by atoms with Crippen LogP contribution in [0.2, 0.25) is 0 Å². The summed E-state index contributed by atoms with van der Waals surface area (Å²) in [6.07, 6.45) is 0. The van der Waals surface area contributed by atoms with Crippen LogP contribution in [0, 0.1) is 10.1 Å². The zero-order valence-electron chi connectivity index (χ0n) is 13.1. The average molecular weight is 324 g/mol. The van der Waals surface area contributed by atoms with Crippen LogP contribution in [0.4, 0.5) is 5.69 Å².